The van der Waals surface area contributed by atoms with Gasteiger partial charge in [0.15, 0.2) is 6.10 Å². The molecule has 0 amide bonds. The van der Waals surface area contributed by atoms with E-state index in [0.717, 1.165) is 77.0 Å². The van der Waals surface area contributed by atoms with Crippen LogP contribution in [-0.4, -0.2) is 75.5 Å². The number of esters is 2. The van der Waals surface area contributed by atoms with Crippen LogP contribution >= 0.6 is 0 Å². The molecule has 0 spiro atoms. The molecule has 2 unspecified atom stereocenters. The zero-order chi connectivity index (χ0) is 47.7. The first kappa shape index (κ1) is 62.0. The number of rotatable bonds is 48. The Morgan fingerprint density at radius 1 is 0.477 bits per heavy atom. The van der Waals surface area contributed by atoms with Gasteiger partial charge in [0.25, 0.3) is 0 Å². The van der Waals surface area contributed by atoms with E-state index in [9.17, 15) is 19.5 Å². The van der Waals surface area contributed by atoms with Crippen LogP contribution in [0.5, 0.6) is 0 Å². The van der Waals surface area contributed by atoms with Gasteiger partial charge in [-0.15, -0.1) is 0 Å². The Morgan fingerprint density at radius 3 is 1.28 bits per heavy atom. The number of carboxylic acid groups (broad SMARTS) is 1. The normalized spacial score (nSPS) is 13.3. The number of allylic oxidation sites excluding steroid dienone is 10. The number of likely N-dealkylation sites (N-methyl/N-ethyl adjacent to an activating group) is 1. The maximum atomic E-state index is 12.8. The van der Waals surface area contributed by atoms with Gasteiger partial charge in [0.05, 0.1) is 40.3 Å². The molecule has 0 rings (SSSR count). The largest absolute Gasteiger partial charge is 0.544 e. The van der Waals surface area contributed by atoms with Crippen molar-refractivity contribution in [2.45, 2.75) is 244 Å². The van der Waals surface area contributed by atoms with Crippen LogP contribution in [0, 0.1) is 0 Å². The lowest BCUT2D eigenvalue weighted by Crippen LogP contribution is -2.55. The zero-order valence-corrected chi connectivity index (χ0v) is 42.9. The summed E-state index contributed by atoms with van der Waals surface area (Å²) in [6.07, 6.45) is 59.7. The number of carbonyl (C=O) groups excluding carboxylic acids is 3. The highest BCUT2D eigenvalue weighted by Gasteiger charge is 2.25. The summed E-state index contributed by atoms with van der Waals surface area (Å²) in [5.74, 6) is -1.75. The van der Waals surface area contributed by atoms with E-state index in [1.807, 2.05) is 0 Å². The summed E-state index contributed by atoms with van der Waals surface area (Å²) in [5, 5.41) is 11.7. The Morgan fingerprint density at radius 2 is 0.862 bits per heavy atom. The third-order valence-electron chi connectivity index (χ3n) is 11.9. The second-order valence-corrected chi connectivity index (χ2v) is 19.1. The Hall–Kier alpha value is -2.97. The topological polar surface area (TPSA) is 102 Å². The molecule has 0 aromatic rings. The minimum absolute atomic E-state index is 0.0347. The predicted octanol–water partition coefficient (Wildman–Crippen LogP) is 14.4. The predicted molar refractivity (Wildman–Crippen MR) is 273 cm³/mol. The highest BCUT2D eigenvalue weighted by molar-refractivity contribution is 5.70. The molecule has 0 saturated carbocycles. The fraction of sp³-hybridized carbons (Fsp3) is 0.772. The van der Waals surface area contributed by atoms with Crippen molar-refractivity contribution >= 4 is 17.9 Å². The highest BCUT2D eigenvalue weighted by Crippen LogP contribution is 2.15. The number of quaternary nitrogens is 1. The summed E-state index contributed by atoms with van der Waals surface area (Å²) in [4.78, 5) is 37.1. The minimum Gasteiger partial charge on any atom is -0.544 e. The Kier molecular flexibility index (Phi) is 45.3. The van der Waals surface area contributed by atoms with Crippen molar-refractivity contribution < 1.29 is 38.2 Å². The van der Waals surface area contributed by atoms with Crippen molar-refractivity contribution in [3.63, 3.8) is 0 Å². The molecule has 0 aliphatic rings. The van der Waals surface area contributed by atoms with E-state index in [2.05, 4.69) is 74.6 Å². The lowest BCUT2D eigenvalue weighted by Gasteiger charge is -2.34. The summed E-state index contributed by atoms with van der Waals surface area (Å²) >= 11 is 0. The van der Waals surface area contributed by atoms with Crippen molar-refractivity contribution in [2.75, 3.05) is 41.0 Å². The number of hydrogen-bond donors (Lipinski definition) is 0. The molecular formula is C57H101NO7. The van der Waals surface area contributed by atoms with E-state index in [1.165, 1.54) is 122 Å². The van der Waals surface area contributed by atoms with Gasteiger partial charge in [0.1, 0.15) is 12.6 Å². The maximum absolute atomic E-state index is 12.8. The molecule has 0 aromatic carbocycles. The average Bonchev–Trinajstić information content (AvgIpc) is 3.27. The van der Waals surface area contributed by atoms with Gasteiger partial charge < -0.3 is 28.6 Å². The van der Waals surface area contributed by atoms with Crippen LogP contribution in [0.1, 0.15) is 232 Å². The maximum Gasteiger partial charge on any atom is 0.306 e. The molecule has 2 atom stereocenters. The zero-order valence-electron chi connectivity index (χ0n) is 42.9. The van der Waals surface area contributed by atoms with Crippen molar-refractivity contribution in [1.82, 2.24) is 0 Å². The van der Waals surface area contributed by atoms with Crippen LogP contribution in [0.15, 0.2) is 60.8 Å². The molecule has 0 aromatic heterocycles. The molecule has 0 aliphatic carbocycles. The Balaban J connectivity index is 4.24. The molecule has 0 bridgehead atoms. The number of nitrogens with zero attached hydrogens (tertiary/aromatic N) is 1. The van der Waals surface area contributed by atoms with Crippen molar-refractivity contribution in [1.29, 1.82) is 0 Å². The Bertz CT molecular complexity index is 1250. The molecular weight excluding hydrogens is 811 g/mol. The molecule has 0 aliphatic heterocycles. The van der Waals surface area contributed by atoms with Crippen LogP contribution in [-0.2, 0) is 28.6 Å². The van der Waals surface area contributed by atoms with E-state index in [4.69, 9.17) is 14.2 Å². The SMILES string of the molecule is CC/C=C/C/C=C/C/C=C/CCCCCCCCCCCC(=O)OC(COCCC(C(=O)[O-])[N+](C)(C)C)COC(=O)CCCCCCCCC/C=C/C/C=C/CCCCCCCCCC. The lowest BCUT2D eigenvalue weighted by atomic mass is 10.1. The number of aliphatic carboxylic acids is 1. The second-order valence-electron chi connectivity index (χ2n) is 19.1. The van der Waals surface area contributed by atoms with Crippen LogP contribution in [0.3, 0.4) is 0 Å². The molecule has 8 nitrogen and oxygen atoms in total. The summed E-state index contributed by atoms with van der Waals surface area (Å²) < 4.78 is 17.3. The lowest BCUT2D eigenvalue weighted by molar-refractivity contribution is -0.889. The van der Waals surface area contributed by atoms with Gasteiger partial charge in [0, 0.05) is 19.3 Å². The molecule has 0 radical (unpaired) electrons. The van der Waals surface area contributed by atoms with Gasteiger partial charge in [0.2, 0.25) is 0 Å². The van der Waals surface area contributed by atoms with Gasteiger partial charge >= 0.3 is 11.9 Å². The van der Waals surface area contributed by atoms with E-state index < -0.39 is 18.1 Å². The number of hydrogen-bond acceptors (Lipinski definition) is 7. The molecule has 0 N–H and O–H groups in total. The van der Waals surface area contributed by atoms with E-state index >= 15 is 0 Å². The first-order chi connectivity index (χ1) is 31.6. The van der Waals surface area contributed by atoms with Gasteiger partial charge in [-0.05, 0) is 77.0 Å². The minimum atomic E-state index is -1.13. The van der Waals surface area contributed by atoms with Gasteiger partial charge in [-0.2, -0.15) is 0 Å². The Labute approximate surface area is 400 Å². The fourth-order valence-corrected chi connectivity index (χ4v) is 7.76. The van der Waals surface area contributed by atoms with E-state index in [-0.39, 0.29) is 42.7 Å². The van der Waals surface area contributed by atoms with Crippen molar-refractivity contribution in [3.05, 3.63) is 60.8 Å². The standard InChI is InChI=1S/C57H101NO7/c1-6-8-10-12-14-16-18-20-22-24-26-27-28-30-31-33-35-37-39-41-43-45-47-55(59)64-52-53(51-63-50-49-54(57(61)62)58(3,4)5)65-56(60)48-46-44-42-40-38-36-34-32-29-25-23-21-19-17-15-13-11-9-7-2/h9,11,15,17,21,23-24,26,28,30,53-54H,6-8,10,12-14,16,18-20,22,25,27,29,31-52H2,1-5H3/b11-9+,17-15+,23-21+,26-24+,30-28+. The average molecular weight is 912 g/mol. The van der Waals surface area contributed by atoms with Gasteiger partial charge in [-0.3, -0.25) is 9.59 Å². The van der Waals surface area contributed by atoms with Crippen molar-refractivity contribution in [3.8, 4) is 0 Å². The smallest absolute Gasteiger partial charge is 0.306 e. The highest BCUT2D eigenvalue weighted by atomic mass is 16.6. The number of unbranched alkanes of at least 4 members (excludes halogenated alkanes) is 24. The van der Waals surface area contributed by atoms with Gasteiger partial charge in [-0.1, -0.05) is 197 Å². The number of carboxylic acids is 1. The molecule has 376 valence electrons. The molecule has 0 fully saturated rings. The van der Waals surface area contributed by atoms with Crippen LogP contribution in [0.2, 0.25) is 0 Å². The molecule has 65 heavy (non-hydrogen) atoms. The van der Waals surface area contributed by atoms with Crippen LogP contribution in [0.4, 0.5) is 0 Å². The van der Waals surface area contributed by atoms with Crippen LogP contribution in [0.25, 0.3) is 0 Å². The quantitative estimate of drug-likeness (QED) is 0.0259. The third-order valence-corrected chi connectivity index (χ3v) is 11.9. The fourth-order valence-electron chi connectivity index (χ4n) is 7.76. The van der Waals surface area contributed by atoms with E-state index in [1.54, 1.807) is 21.1 Å². The van der Waals surface area contributed by atoms with Crippen molar-refractivity contribution in [2.24, 2.45) is 0 Å². The summed E-state index contributed by atoms with van der Waals surface area (Å²) in [6, 6.07) is -0.731. The first-order valence-corrected chi connectivity index (χ1v) is 26.8. The summed E-state index contributed by atoms with van der Waals surface area (Å²) in [5.41, 5.74) is 0. The number of carbonyl (C=O) groups is 3. The molecule has 0 saturated heterocycles. The number of ether oxygens (including phenoxy) is 3. The second kappa shape index (κ2) is 47.5. The summed E-state index contributed by atoms with van der Waals surface area (Å²) in [7, 11) is 5.41. The third kappa shape index (κ3) is 46.0. The monoisotopic (exact) mass is 912 g/mol. The van der Waals surface area contributed by atoms with Gasteiger partial charge in [-0.25, -0.2) is 0 Å². The molecule has 8 heteroatoms. The van der Waals surface area contributed by atoms with Crippen LogP contribution < -0.4 is 5.11 Å². The first-order valence-electron chi connectivity index (χ1n) is 26.8. The van der Waals surface area contributed by atoms with E-state index in [0.29, 0.717) is 12.8 Å². The summed E-state index contributed by atoms with van der Waals surface area (Å²) in [6.45, 7) is 4.56. The molecule has 0 heterocycles.